The first-order valence-corrected chi connectivity index (χ1v) is 9.42. The van der Waals surface area contributed by atoms with Crippen molar-refractivity contribution in [2.45, 2.75) is 76.3 Å². The minimum Gasteiger partial charge on any atom is -0.325 e. The molecule has 3 atom stereocenters. The molecule has 2 fully saturated rings. The lowest BCUT2D eigenvalue weighted by molar-refractivity contribution is -0.133. The Morgan fingerprint density at radius 2 is 2.10 bits per heavy atom. The highest BCUT2D eigenvalue weighted by molar-refractivity contribution is 7.99. The standard InChI is InChI=1S/C16H30N2OS/c1-5-16(3)15(19)18(11-10-12(2)20-4)14(17-16)13-8-6-7-9-13/h12-14,17H,5-11H2,1-4H3. The summed E-state index contributed by atoms with van der Waals surface area (Å²) >= 11 is 1.89. The lowest BCUT2D eigenvalue weighted by Crippen LogP contribution is -2.45. The van der Waals surface area contributed by atoms with Gasteiger partial charge in [0, 0.05) is 11.8 Å². The van der Waals surface area contributed by atoms with Gasteiger partial charge in [-0.05, 0) is 44.8 Å². The Morgan fingerprint density at radius 3 is 2.65 bits per heavy atom. The van der Waals surface area contributed by atoms with E-state index >= 15 is 0 Å². The van der Waals surface area contributed by atoms with Crippen molar-refractivity contribution in [3.05, 3.63) is 0 Å². The normalized spacial score (nSPS) is 33.1. The van der Waals surface area contributed by atoms with E-state index in [4.69, 9.17) is 0 Å². The van der Waals surface area contributed by atoms with E-state index in [1.165, 1.54) is 25.7 Å². The second-order valence-electron chi connectivity index (χ2n) is 6.65. The number of rotatable bonds is 6. The van der Waals surface area contributed by atoms with Gasteiger partial charge in [0.1, 0.15) is 0 Å². The minimum atomic E-state index is -0.337. The molecule has 3 unspecified atom stereocenters. The lowest BCUT2D eigenvalue weighted by Gasteiger charge is -2.29. The summed E-state index contributed by atoms with van der Waals surface area (Å²) in [6.07, 6.45) is 9.62. The monoisotopic (exact) mass is 298 g/mol. The fourth-order valence-electron chi connectivity index (χ4n) is 3.49. The van der Waals surface area contributed by atoms with Crippen LogP contribution in [0, 0.1) is 5.92 Å². The molecule has 0 aromatic rings. The fraction of sp³-hybridized carbons (Fsp3) is 0.938. The fourth-order valence-corrected chi connectivity index (χ4v) is 3.83. The Bertz CT molecular complexity index is 343. The van der Waals surface area contributed by atoms with E-state index in [0.717, 1.165) is 19.4 Å². The van der Waals surface area contributed by atoms with Crippen LogP contribution >= 0.6 is 11.8 Å². The van der Waals surface area contributed by atoms with E-state index in [1.54, 1.807) is 0 Å². The number of nitrogens with zero attached hydrogens (tertiary/aromatic N) is 1. The second-order valence-corrected chi connectivity index (χ2v) is 7.93. The first-order chi connectivity index (χ1) is 9.51. The summed E-state index contributed by atoms with van der Waals surface area (Å²) < 4.78 is 0. The summed E-state index contributed by atoms with van der Waals surface area (Å²) in [6.45, 7) is 7.35. The van der Waals surface area contributed by atoms with Crippen molar-refractivity contribution < 1.29 is 4.79 Å². The largest absolute Gasteiger partial charge is 0.325 e. The average Bonchev–Trinajstić information content (AvgIpc) is 3.06. The molecule has 4 heteroatoms. The third-order valence-electron chi connectivity index (χ3n) is 5.27. The molecule has 3 nitrogen and oxygen atoms in total. The molecule has 2 aliphatic rings. The maximum atomic E-state index is 12.8. The Kier molecular flexibility index (Phi) is 5.41. The minimum absolute atomic E-state index is 0.281. The molecule has 0 bridgehead atoms. The van der Waals surface area contributed by atoms with E-state index in [1.807, 2.05) is 11.8 Å². The number of amides is 1. The summed E-state index contributed by atoms with van der Waals surface area (Å²) in [6, 6.07) is 0. The van der Waals surface area contributed by atoms with Crippen LogP contribution in [0.2, 0.25) is 0 Å². The van der Waals surface area contributed by atoms with Gasteiger partial charge in [-0.25, -0.2) is 0 Å². The highest BCUT2D eigenvalue weighted by atomic mass is 32.2. The summed E-state index contributed by atoms with van der Waals surface area (Å²) in [7, 11) is 0. The van der Waals surface area contributed by atoms with Crippen LogP contribution in [-0.2, 0) is 4.79 Å². The lowest BCUT2D eigenvalue weighted by atomic mass is 9.99. The highest BCUT2D eigenvalue weighted by Crippen LogP contribution is 2.35. The Balaban J connectivity index is 2.08. The molecule has 20 heavy (non-hydrogen) atoms. The molecular weight excluding hydrogens is 268 g/mol. The van der Waals surface area contributed by atoms with Gasteiger partial charge in [0.2, 0.25) is 5.91 Å². The molecule has 1 saturated heterocycles. The van der Waals surface area contributed by atoms with Crippen molar-refractivity contribution in [2.75, 3.05) is 12.8 Å². The molecule has 116 valence electrons. The zero-order valence-corrected chi connectivity index (χ0v) is 14.3. The number of hydrogen-bond donors (Lipinski definition) is 1. The zero-order valence-electron chi connectivity index (χ0n) is 13.4. The summed E-state index contributed by atoms with van der Waals surface area (Å²) in [5.41, 5.74) is -0.337. The van der Waals surface area contributed by atoms with Crippen LogP contribution in [0.4, 0.5) is 0 Å². The molecular formula is C16H30N2OS. The Morgan fingerprint density at radius 1 is 1.45 bits per heavy atom. The van der Waals surface area contributed by atoms with Gasteiger partial charge in [-0.15, -0.1) is 0 Å². The van der Waals surface area contributed by atoms with E-state index in [0.29, 0.717) is 17.1 Å². The van der Waals surface area contributed by atoms with Crippen LogP contribution in [0.25, 0.3) is 0 Å². The van der Waals surface area contributed by atoms with Crippen molar-refractivity contribution in [1.29, 1.82) is 0 Å². The topological polar surface area (TPSA) is 32.3 Å². The summed E-state index contributed by atoms with van der Waals surface area (Å²) in [4.78, 5) is 14.9. The van der Waals surface area contributed by atoms with Gasteiger partial charge >= 0.3 is 0 Å². The van der Waals surface area contributed by atoms with E-state index < -0.39 is 0 Å². The predicted octanol–water partition coefficient (Wildman–Crippen LogP) is 3.24. The van der Waals surface area contributed by atoms with Crippen molar-refractivity contribution in [1.82, 2.24) is 10.2 Å². The van der Waals surface area contributed by atoms with Crippen LogP contribution < -0.4 is 5.32 Å². The molecule has 1 aliphatic carbocycles. The van der Waals surface area contributed by atoms with Gasteiger partial charge < -0.3 is 4.90 Å². The maximum absolute atomic E-state index is 12.8. The van der Waals surface area contributed by atoms with Crippen LogP contribution in [-0.4, -0.2) is 40.6 Å². The van der Waals surface area contributed by atoms with Gasteiger partial charge in [0.25, 0.3) is 0 Å². The van der Waals surface area contributed by atoms with Crippen molar-refractivity contribution in [3.63, 3.8) is 0 Å². The summed E-state index contributed by atoms with van der Waals surface area (Å²) in [5.74, 6) is 0.988. The number of hydrogen-bond acceptors (Lipinski definition) is 3. The molecule has 1 saturated carbocycles. The Hall–Kier alpha value is -0.220. The molecule has 0 spiro atoms. The third-order valence-corrected chi connectivity index (χ3v) is 6.31. The maximum Gasteiger partial charge on any atom is 0.243 e. The van der Waals surface area contributed by atoms with Gasteiger partial charge in [-0.1, -0.05) is 26.7 Å². The molecule has 1 aliphatic heterocycles. The quantitative estimate of drug-likeness (QED) is 0.817. The molecule has 1 amide bonds. The average molecular weight is 298 g/mol. The van der Waals surface area contributed by atoms with Crippen LogP contribution in [0.3, 0.4) is 0 Å². The van der Waals surface area contributed by atoms with Gasteiger partial charge in [0.05, 0.1) is 11.7 Å². The van der Waals surface area contributed by atoms with E-state index in [-0.39, 0.29) is 11.7 Å². The first-order valence-electron chi connectivity index (χ1n) is 8.13. The van der Waals surface area contributed by atoms with Gasteiger partial charge in [-0.2, -0.15) is 11.8 Å². The molecule has 0 aromatic heterocycles. The second kappa shape index (κ2) is 6.69. The number of carbonyl (C=O) groups is 1. The zero-order chi connectivity index (χ0) is 14.8. The third kappa shape index (κ3) is 3.16. The molecule has 2 rings (SSSR count). The number of carbonyl (C=O) groups excluding carboxylic acids is 1. The van der Waals surface area contributed by atoms with Crippen molar-refractivity contribution in [2.24, 2.45) is 5.92 Å². The van der Waals surface area contributed by atoms with Crippen LogP contribution in [0.15, 0.2) is 0 Å². The van der Waals surface area contributed by atoms with Crippen LogP contribution in [0.5, 0.6) is 0 Å². The van der Waals surface area contributed by atoms with Crippen molar-refractivity contribution >= 4 is 17.7 Å². The first kappa shape index (κ1) is 16.2. The van der Waals surface area contributed by atoms with Gasteiger partial charge in [-0.3, -0.25) is 10.1 Å². The Labute approximate surface area is 128 Å². The molecule has 0 radical (unpaired) electrons. The molecule has 1 heterocycles. The molecule has 1 N–H and O–H groups in total. The smallest absolute Gasteiger partial charge is 0.243 e. The van der Waals surface area contributed by atoms with Gasteiger partial charge in [0.15, 0.2) is 0 Å². The van der Waals surface area contributed by atoms with Crippen molar-refractivity contribution in [3.8, 4) is 0 Å². The van der Waals surface area contributed by atoms with E-state index in [2.05, 4.69) is 37.2 Å². The predicted molar refractivity (Wildman–Crippen MR) is 86.9 cm³/mol. The van der Waals surface area contributed by atoms with Crippen LogP contribution in [0.1, 0.15) is 59.3 Å². The SMILES string of the molecule is CCC1(C)NC(C2CCCC2)N(CCC(C)SC)C1=O. The highest BCUT2D eigenvalue weighted by Gasteiger charge is 2.49. The number of thioether (sulfide) groups is 1. The molecule has 0 aromatic carbocycles. The summed E-state index contributed by atoms with van der Waals surface area (Å²) in [5, 5.41) is 4.30. The van der Waals surface area contributed by atoms with E-state index in [9.17, 15) is 4.79 Å². The number of nitrogens with one attached hydrogen (secondary N) is 1.